The number of carbonyl (C=O) groups is 1. The van der Waals surface area contributed by atoms with E-state index in [2.05, 4.69) is 36.4 Å². The summed E-state index contributed by atoms with van der Waals surface area (Å²) in [5.74, 6) is -0.345. The van der Waals surface area contributed by atoms with Gasteiger partial charge in [-0.25, -0.2) is 9.18 Å². The van der Waals surface area contributed by atoms with E-state index in [0.717, 1.165) is 38.9 Å². The SMILES string of the molecule is O=C(Nc1ccc(F)cc1Br)NC1CCN(CCc2ccncc2)CC1. The van der Waals surface area contributed by atoms with Crippen LogP contribution < -0.4 is 10.6 Å². The highest BCUT2D eigenvalue weighted by Gasteiger charge is 2.20. The maximum Gasteiger partial charge on any atom is 0.319 e. The van der Waals surface area contributed by atoms with Crippen LogP contribution in [0, 0.1) is 5.82 Å². The summed E-state index contributed by atoms with van der Waals surface area (Å²) in [7, 11) is 0. The van der Waals surface area contributed by atoms with Crippen molar-refractivity contribution in [3.63, 3.8) is 0 Å². The number of piperidine rings is 1. The molecule has 2 amide bonds. The van der Waals surface area contributed by atoms with Crippen LogP contribution in [0.3, 0.4) is 0 Å². The van der Waals surface area contributed by atoms with Gasteiger partial charge in [0, 0.05) is 42.5 Å². The molecule has 138 valence electrons. The predicted octanol–water partition coefficient (Wildman–Crippen LogP) is 3.81. The molecule has 0 bridgehead atoms. The number of halogens is 2. The number of amides is 2. The number of likely N-dealkylation sites (tertiary alicyclic amines) is 1. The molecule has 1 aromatic carbocycles. The smallest absolute Gasteiger partial charge is 0.319 e. The van der Waals surface area contributed by atoms with Crippen LogP contribution in [-0.2, 0) is 6.42 Å². The van der Waals surface area contributed by atoms with Crippen molar-refractivity contribution in [2.75, 3.05) is 25.0 Å². The van der Waals surface area contributed by atoms with Crippen molar-refractivity contribution in [3.05, 3.63) is 58.6 Å². The Bertz CT molecular complexity index is 736. The molecular weight excluding hydrogens is 399 g/mol. The molecule has 7 heteroatoms. The molecule has 1 aliphatic rings. The number of aromatic nitrogens is 1. The molecule has 2 N–H and O–H groups in total. The number of anilines is 1. The molecule has 1 aromatic heterocycles. The highest BCUT2D eigenvalue weighted by atomic mass is 79.9. The van der Waals surface area contributed by atoms with Gasteiger partial charge >= 0.3 is 6.03 Å². The van der Waals surface area contributed by atoms with Crippen molar-refractivity contribution in [3.8, 4) is 0 Å². The number of rotatable bonds is 5. The minimum Gasteiger partial charge on any atom is -0.335 e. The van der Waals surface area contributed by atoms with Crippen LogP contribution in [0.1, 0.15) is 18.4 Å². The van der Waals surface area contributed by atoms with E-state index in [9.17, 15) is 9.18 Å². The number of benzene rings is 1. The lowest BCUT2D eigenvalue weighted by Crippen LogP contribution is -2.46. The van der Waals surface area contributed by atoms with Crippen molar-refractivity contribution in [1.29, 1.82) is 0 Å². The van der Waals surface area contributed by atoms with E-state index in [-0.39, 0.29) is 17.9 Å². The van der Waals surface area contributed by atoms with Gasteiger partial charge in [0.05, 0.1) is 5.69 Å². The van der Waals surface area contributed by atoms with Crippen molar-refractivity contribution in [2.24, 2.45) is 0 Å². The molecule has 0 radical (unpaired) electrons. The zero-order valence-corrected chi connectivity index (χ0v) is 16.0. The zero-order chi connectivity index (χ0) is 18.4. The molecule has 0 spiro atoms. The van der Waals surface area contributed by atoms with Gasteiger partial charge in [0.1, 0.15) is 5.82 Å². The first-order chi connectivity index (χ1) is 12.6. The third-order valence-corrected chi connectivity index (χ3v) is 5.22. The monoisotopic (exact) mass is 420 g/mol. The van der Waals surface area contributed by atoms with Gasteiger partial charge < -0.3 is 15.5 Å². The summed E-state index contributed by atoms with van der Waals surface area (Å²) in [6.45, 7) is 2.96. The van der Waals surface area contributed by atoms with Gasteiger partial charge in [-0.3, -0.25) is 4.98 Å². The summed E-state index contributed by atoms with van der Waals surface area (Å²) in [5.41, 5.74) is 1.85. The third-order valence-electron chi connectivity index (χ3n) is 4.57. The number of hydrogen-bond donors (Lipinski definition) is 2. The van der Waals surface area contributed by atoms with Crippen LogP contribution in [-0.4, -0.2) is 41.6 Å². The lowest BCUT2D eigenvalue weighted by atomic mass is 10.0. The Morgan fingerprint density at radius 2 is 1.96 bits per heavy atom. The Hall–Kier alpha value is -1.99. The van der Waals surface area contributed by atoms with Crippen LogP contribution in [0.2, 0.25) is 0 Å². The highest BCUT2D eigenvalue weighted by Crippen LogP contribution is 2.23. The first-order valence-corrected chi connectivity index (χ1v) is 9.53. The van der Waals surface area contributed by atoms with Gasteiger partial charge in [0.2, 0.25) is 0 Å². The van der Waals surface area contributed by atoms with Gasteiger partial charge in [-0.1, -0.05) is 0 Å². The van der Waals surface area contributed by atoms with Crippen molar-refractivity contribution in [2.45, 2.75) is 25.3 Å². The van der Waals surface area contributed by atoms with Crippen molar-refractivity contribution in [1.82, 2.24) is 15.2 Å². The fourth-order valence-electron chi connectivity index (χ4n) is 3.07. The summed E-state index contributed by atoms with van der Waals surface area (Å²) in [5, 5.41) is 5.76. The van der Waals surface area contributed by atoms with Crippen LogP contribution in [0.5, 0.6) is 0 Å². The van der Waals surface area contributed by atoms with Gasteiger partial charge in [0.25, 0.3) is 0 Å². The van der Waals surface area contributed by atoms with E-state index in [1.165, 1.54) is 17.7 Å². The second-order valence-corrected chi connectivity index (χ2v) is 7.30. The summed E-state index contributed by atoms with van der Waals surface area (Å²) >= 11 is 3.25. The molecule has 2 heterocycles. The average Bonchev–Trinajstić information content (AvgIpc) is 2.64. The first kappa shape index (κ1) is 18.8. The summed E-state index contributed by atoms with van der Waals surface area (Å²) in [4.78, 5) is 18.6. The van der Waals surface area contributed by atoms with E-state index >= 15 is 0 Å². The summed E-state index contributed by atoms with van der Waals surface area (Å²) < 4.78 is 13.6. The zero-order valence-electron chi connectivity index (χ0n) is 14.4. The lowest BCUT2D eigenvalue weighted by molar-refractivity contribution is 0.197. The molecule has 5 nitrogen and oxygen atoms in total. The van der Waals surface area contributed by atoms with Crippen molar-refractivity contribution >= 4 is 27.6 Å². The van der Waals surface area contributed by atoms with Crippen LogP contribution in [0.4, 0.5) is 14.9 Å². The van der Waals surface area contributed by atoms with Crippen LogP contribution in [0.25, 0.3) is 0 Å². The predicted molar refractivity (Wildman–Crippen MR) is 104 cm³/mol. The minimum atomic E-state index is -0.345. The Kier molecular flexibility index (Phi) is 6.57. The van der Waals surface area contributed by atoms with E-state index in [1.54, 1.807) is 6.07 Å². The Morgan fingerprint density at radius 1 is 1.23 bits per heavy atom. The summed E-state index contributed by atoms with van der Waals surface area (Å²) in [6.07, 6.45) is 6.51. The topological polar surface area (TPSA) is 57.3 Å². The maximum atomic E-state index is 13.1. The molecule has 3 rings (SSSR count). The van der Waals surface area contributed by atoms with Crippen LogP contribution >= 0.6 is 15.9 Å². The molecular formula is C19H22BrFN4O. The molecule has 26 heavy (non-hydrogen) atoms. The second kappa shape index (κ2) is 9.09. The molecule has 0 unspecified atom stereocenters. The molecule has 1 fully saturated rings. The number of hydrogen-bond acceptors (Lipinski definition) is 3. The normalized spacial score (nSPS) is 15.6. The van der Waals surface area contributed by atoms with Gasteiger partial charge in [0.15, 0.2) is 0 Å². The Morgan fingerprint density at radius 3 is 2.65 bits per heavy atom. The van der Waals surface area contributed by atoms with Crippen molar-refractivity contribution < 1.29 is 9.18 Å². The number of nitrogens with zero attached hydrogens (tertiary/aromatic N) is 2. The quantitative estimate of drug-likeness (QED) is 0.772. The number of carbonyl (C=O) groups excluding carboxylic acids is 1. The molecule has 0 saturated carbocycles. The largest absolute Gasteiger partial charge is 0.335 e. The van der Waals surface area contributed by atoms with E-state index in [1.807, 2.05) is 24.5 Å². The molecule has 0 aliphatic carbocycles. The van der Waals surface area contributed by atoms with Crippen LogP contribution in [0.15, 0.2) is 47.2 Å². The molecule has 2 aromatic rings. The third kappa shape index (κ3) is 5.51. The molecule has 0 atom stereocenters. The van der Waals surface area contributed by atoms with E-state index < -0.39 is 0 Å². The number of nitrogens with one attached hydrogen (secondary N) is 2. The molecule has 1 aliphatic heterocycles. The average molecular weight is 421 g/mol. The number of pyridine rings is 1. The summed E-state index contributed by atoms with van der Waals surface area (Å²) in [6, 6.07) is 8.19. The minimum absolute atomic E-state index is 0.159. The standard InChI is InChI=1S/C19H22BrFN4O/c20-17-13-15(21)1-2-18(17)24-19(26)23-16-6-11-25(12-7-16)10-5-14-3-8-22-9-4-14/h1-4,8-9,13,16H,5-7,10-12H2,(H2,23,24,26). The second-order valence-electron chi connectivity index (χ2n) is 6.44. The first-order valence-electron chi connectivity index (χ1n) is 8.74. The van der Waals surface area contributed by atoms with Gasteiger partial charge in [-0.15, -0.1) is 0 Å². The highest BCUT2D eigenvalue weighted by molar-refractivity contribution is 9.10. The Labute approximate surface area is 161 Å². The fraction of sp³-hybridized carbons (Fsp3) is 0.368. The van der Waals surface area contributed by atoms with E-state index in [0.29, 0.717) is 10.2 Å². The van der Waals surface area contributed by atoms with Gasteiger partial charge in [-0.2, -0.15) is 0 Å². The molecule has 1 saturated heterocycles. The van der Waals surface area contributed by atoms with E-state index in [4.69, 9.17) is 0 Å². The maximum absolute atomic E-state index is 13.1. The lowest BCUT2D eigenvalue weighted by Gasteiger charge is -2.32. The van der Waals surface area contributed by atoms with Gasteiger partial charge in [-0.05, 0) is 71.1 Å². The fourth-order valence-corrected chi connectivity index (χ4v) is 3.52. The number of urea groups is 1. The Balaban J connectivity index is 1.40.